The molecular formula is C11H21NOS2. The zero-order chi connectivity index (χ0) is 11.1. The van der Waals surface area contributed by atoms with E-state index >= 15 is 0 Å². The van der Waals surface area contributed by atoms with Gasteiger partial charge in [0.1, 0.15) is 0 Å². The van der Waals surface area contributed by atoms with Crippen LogP contribution in [0.4, 0.5) is 0 Å². The first kappa shape index (κ1) is 13.2. The Hall–Kier alpha value is 0.170. The van der Waals surface area contributed by atoms with Crippen molar-refractivity contribution in [2.24, 2.45) is 5.41 Å². The van der Waals surface area contributed by atoms with Gasteiger partial charge in [-0.3, -0.25) is 4.79 Å². The summed E-state index contributed by atoms with van der Waals surface area (Å²) in [7, 11) is 0. The smallest absolute Gasteiger partial charge is 0.220 e. The zero-order valence-electron chi connectivity index (χ0n) is 9.42. The van der Waals surface area contributed by atoms with Gasteiger partial charge in [-0.15, -0.1) is 0 Å². The van der Waals surface area contributed by atoms with Crippen LogP contribution in [0.2, 0.25) is 0 Å². The quantitative estimate of drug-likeness (QED) is 0.509. The molecule has 4 heteroatoms. The van der Waals surface area contributed by atoms with Gasteiger partial charge in [0.15, 0.2) is 0 Å². The Balaban J connectivity index is 1.99. The van der Waals surface area contributed by atoms with E-state index < -0.39 is 0 Å². The lowest BCUT2D eigenvalue weighted by molar-refractivity contribution is -0.122. The average Bonchev–Trinajstić information content (AvgIpc) is 2.98. The Bertz CT molecular complexity index is 205. The van der Waals surface area contributed by atoms with Crippen LogP contribution < -0.4 is 5.32 Å². The van der Waals surface area contributed by atoms with E-state index in [1.807, 2.05) is 11.8 Å². The molecule has 1 aliphatic carbocycles. The maximum absolute atomic E-state index is 11.5. The molecule has 0 aromatic heterocycles. The third-order valence-electron chi connectivity index (χ3n) is 2.93. The van der Waals surface area contributed by atoms with E-state index in [1.165, 1.54) is 25.0 Å². The molecule has 0 heterocycles. The molecule has 1 amide bonds. The first-order chi connectivity index (χ1) is 7.22. The van der Waals surface area contributed by atoms with Gasteiger partial charge in [-0.05, 0) is 48.9 Å². The van der Waals surface area contributed by atoms with E-state index in [2.05, 4.69) is 24.2 Å². The largest absolute Gasteiger partial charge is 0.356 e. The molecule has 1 N–H and O–H groups in total. The van der Waals surface area contributed by atoms with E-state index in [9.17, 15) is 4.79 Å². The predicted octanol–water partition coefficient (Wildman–Crippen LogP) is 2.35. The van der Waals surface area contributed by atoms with Crippen molar-refractivity contribution < 1.29 is 4.79 Å². The number of carbonyl (C=O) groups excluding carboxylic acids is 1. The van der Waals surface area contributed by atoms with Crippen molar-refractivity contribution in [2.45, 2.75) is 32.1 Å². The topological polar surface area (TPSA) is 29.1 Å². The van der Waals surface area contributed by atoms with Gasteiger partial charge in [-0.2, -0.15) is 24.4 Å². The molecule has 88 valence electrons. The molecule has 0 atom stereocenters. The van der Waals surface area contributed by atoms with E-state index in [0.29, 0.717) is 6.42 Å². The van der Waals surface area contributed by atoms with Crippen molar-refractivity contribution in [3.05, 3.63) is 0 Å². The average molecular weight is 247 g/mol. The molecular weight excluding hydrogens is 226 g/mol. The van der Waals surface area contributed by atoms with E-state index in [0.717, 1.165) is 18.7 Å². The number of thiol groups is 1. The van der Waals surface area contributed by atoms with Gasteiger partial charge in [-0.25, -0.2) is 0 Å². The summed E-state index contributed by atoms with van der Waals surface area (Å²) < 4.78 is 0. The molecule has 0 spiro atoms. The summed E-state index contributed by atoms with van der Waals surface area (Å²) in [4.78, 5) is 11.5. The van der Waals surface area contributed by atoms with Crippen LogP contribution in [0.1, 0.15) is 32.1 Å². The van der Waals surface area contributed by atoms with Crippen LogP contribution in [0.25, 0.3) is 0 Å². The van der Waals surface area contributed by atoms with Crippen LogP contribution in [-0.2, 0) is 4.79 Å². The summed E-state index contributed by atoms with van der Waals surface area (Å²) in [5, 5.41) is 2.99. The number of hydrogen-bond acceptors (Lipinski definition) is 3. The summed E-state index contributed by atoms with van der Waals surface area (Å²) in [6.07, 6.45) is 7.44. The van der Waals surface area contributed by atoms with Crippen molar-refractivity contribution >= 4 is 30.3 Å². The standard InChI is InChI=1S/C11H21NOS2/c1-15-7-3-2-6-12-10(13)8-11(9-14)4-5-11/h14H,2-9H2,1H3,(H,12,13). The number of nitrogens with one attached hydrogen (secondary N) is 1. The highest BCUT2D eigenvalue weighted by Gasteiger charge is 2.42. The van der Waals surface area contributed by atoms with Gasteiger partial charge in [0.25, 0.3) is 0 Å². The number of amides is 1. The monoisotopic (exact) mass is 247 g/mol. The van der Waals surface area contributed by atoms with Crippen LogP contribution in [0.3, 0.4) is 0 Å². The van der Waals surface area contributed by atoms with Crippen LogP contribution in [0.15, 0.2) is 0 Å². The maximum Gasteiger partial charge on any atom is 0.220 e. The number of hydrogen-bond donors (Lipinski definition) is 2. The second-order valence-electron chi connectivity index (χ2n) is 4.38. The maximum atomic E-state index is 11.5. The van der Waals surface area contributed by atoms with E-state index in [1.54, 1.807) is 0 Å². The molecule has 1 saturated carbocycles. The third kappa shape index (κ3) is 5.16. The van der Waals surface area contributed by atoms with Gasteiger partial charge in [0.2, 0.25) is 5.91 Å². The Morgan fingerprint density at radius 1 is 1.47 bits per heavy atom. The highest BCUT2D eigenvalue weighted by Crippen LogP contribution is 2.49. The molecule has 1 fully saturated rings. The Kier molecular flexibility index (Phi) is 5.90. The van der Waals surface area contributed by atoms with Gasteiger partial charge in [-0.1, -0.05) is 0 Å². The third-order valence-corrected chi connectivity index (χ3v) is 4.29. The van der Waals surface area contributed by atoms with Crippen molar-refractivity contribution in [3.8, 4) is 0 Å². The van der Waals surface area contributed by atoms with Crippen molar-refractivity contribution in [1.82, 2.24) is 5.32 Å². The summed E-state index contributed by atoms with van der Waals surface area (Å²) in [6.45, 7) is 0.835. The molecule has 0 bridgehead atoms. The Morgan fingerprint density at radius 2 is 2.20 bits per heavy atom. The van der Waals surface area contributed by atoms with Crippen LogP contribution >= 0.6 is 24.4 Å². The zero-order valence-corrected chi connectivity index (χ0v) is 11.1. The molecule has 0 saturated heterocycles. The van der Waals surface area contributed by atoms with Crippen LogP contribution in [-0.4, -0.2) is 30.2 Å². The second-order valence-corrected chi connectivity index (χ2v) is 5.69. The van der Waals surface area contributed by atoms with Gasteiger partial charge >= 0.3 is 0 Å². The van der Waals surface area contributed by atoms with Gasteiger partial charge in [0, 0.05) is 13.0 Å². The molecule has 0 radical (unpaired) electrons. The van der Waals surface area contributed by atoms with Crippen molar-refractivity contribution in [1.29, 1.82) is 0 Å². The first-order valence-electron chi connectivity index (χ1n) is 5.59. The normalized spacial score (nSPS) is 17.5. The lowest BCUT2D eigenvalue weighted by Crippen LogP contribution is -2.27. The van der Waals surface area contributed by atoms with Crippen molar-refractivity contribution in [2.75, 3.05) is 24.3 Å². The fourth-order valence-electron chi connectivity index (χ4n) is 1.57. The molecule has 0 aliphatic heterocycles. The first-order valence-corrected chi connectivity index (χ1v) is 7.61. The van der Waals surface area contributed by atoms with Crippen molar-refractivity contribution in [3.63, 3.8) is 0 Å². The summed E-state index contributed by atoms with van der Waals surface area (Å²) in [6, 6.07) is 0. The van der Waals surface area contributed by atoms with Crippen LogP contribution in [0, 0.1) is 5.41 Å². The molecule has 0 aromatic carbocycles. The van der Waals surface area contributed by atoms with Crippen LogP contribution in [0.5, 0.6) is 0 Å². The summed E-state index contributed by atoms with van der Waals surface area (Å²) in [5.41, 5.74) is 0.256. The minimum atomic E-state index is 0.214. The molecule has 2 nitrogen and oxygen atoms in total. The van der Waals surface area contributed by atoms with E-state index in [4.69, 9.17) is 0 Å². The highest BCUT2D eigenvalue weighted by molar-refractivity contribution is 7.98. The lowest BCUT2D eigenvalue weighted by atomic mass is 10.1. The minimum absolute atomic E-state index is 0.214. The lowest BCUT2D eigenvalue weighted by Gasteiger charge is -2.11. The highest BCUT2D eigenvalue weighted by atomic mass is 32.2. The molecule has 15 heavy (non-hydrogen) atoms. The second kappa shape index (κ2) is 6.69. The molecule has 0 unspecified atom stereocenters. The number of rotatable bonds is 8. The number of unbranched alkanes of at least 4 members (excludes halogenated alkanes) is 1. The number of carbonyl (C=O) groups is 1. The van der Waals surface area contributed by atoms with E-state index in [-0.39, 0.29) is 11.3 Å². The fourth-order valence-corrected chi connectivity index (χ4v) is 2.49. The Labute approximate surface area is 102 Å². The summed E-state index contributed by atoms with van der Waals surface area (Å²) >= 11 is 6.15. The Morgan fingerprint density at radius 3 is 2.73 bits per heavy atom. The van der Waals surface area contributed by atoms with Gasteiger partial charge < -0.3 is 5.32 Å². The fraction of sp³-hybridized carbons (Fsp3) is 0.909. The summed E-state index contributed by atoms with van der Waals surface area (Å²) in [5.74, 6) is 2.26. The number of thioether (sulfide) groups is 1. The molecule has 1 aliphatic rings. The SMILES string of the molecule is CSCCCCNC(=O)CC1(CS)CC1. The molecule has 1 rings (SSSR count). The molecule has 0 aromatic rings. The van der Waals surface area contributed by atoms with Gasteiger partial charge in [0.05, 0.1) is 0 Å². The minimum Gasteiger partial charge on any atom is -0.356 e. The predicted molar refractivity (Wildman–Crippen MR) is 70.8 cm³/mol.